The van der Waals surface area contributed by atoms with Gasteiger partial charge in [0, 0.05) is 25.2 Å². The van der Waals surface area contributed by atoms with Crippen LogP contribution in [0.25, 0.3) is 0 Å². The Balaban J connectivity index is 1.77. The molecule has 0 spiro atoms. The number of non-ortho nitro benzene ring substituents is 1. The van der Waals surface area contributed by atoms with E-state index in [0.29, 0.717) is 13.0 Å². The monoisotopic (exact) mass is 372 g/mol. The molecule has 0 bridgehead atoms. The fourth-order valence-corrected chi connectivity index (χ4v) is 4.62. The highest BCUT2D eigenvalue weighted by molar-refractivity contribution is 7.89. The fraction of sp³-hybridized carbons (Fsp3) is 0.263. The standard InChI is InChI=1S/C19H20N2O4S/c1-14-6-8-19(9-7-14)26(24,25)20-12-15(2)17(13-20)10-16-4-3-5-18(11-16)21(22)23/h3-9,11,17H,2,10,12-13H2,1H3. The van der Waals surface area contributed by atoms with Crippen molar-refractivity contribution in [3.8, 4) is 0 Å². The van der Waals surface area contributed by atoms with Crippen LogP contribution in [-0.4, -0.2) is 30.7 Å². The molecule has 0 amide bonds. The van der Waals surface area contributed by atoms with Crippen LogP contribution in [-0.2, 0) is 16.4 Å². The van der Waals surface area contributed by atoms with Crippen LogP contribution >= 0.6 is 0 Å². The molecule has 136 valence electrons. The molecule has 26 heavy (non-hydrogen) atoms. The van der Waals surface area contributed by atoms with Crippen molar-refractivity contribution in [1.29, 1.82) is 0 Å². The second-order valence-electron chi connectivity index (χ2n) is 6.60. The smallest absolute Gasteiger partial charge is 0.258 e. The third-order valence-corrected chi connectivity index (χ3v) is 6.47. The molecule has 2 aromatic carbocycles. The van der Waals surface area contributed by atoms with Gasteiger partial charge in [0.05, 0.1) is 9.82 Å². The second-order valence-corrected chi connectivity index (χ2v) is 8.53. The van der Waals surface area contributed by atoms with Gasteiger partial charge in [-0.3, -0.25) is 10.1 Å². The van der Waals surface area contributed by atoms with Crippen LogP contribution < -0.4 is 0 Å². The largest absolute Gasteiger partial charge is 0.269 e. The van der Waals surface area contributed by atoms with E-state index in [1.165, 1.54) is 16.4 Å². The molecule has 1 heterocycles. The highest BCUT2D eigenvalue weighted by Crippen LogP contribution is 2.30. The van der Waals surface area contributed by atoms with E-state index in [9.17, 15) is 18.5 Å². The third kappa shape index (κ3) is 3.68. The summed E-state index contributed by atoms with van der Waals surface area (Å²) in [7, 11) is -3.57. The molecule has 0 aromatic heterocycles. The normalized spacial score (nSPS) is 18.2. The zero-order valence-corrected chi connectivity index (χ0v) is 15.3. The summed E-state index contributed by atoms with van der Waals surface area (Å²) >= 11 is 0. The van der Waals surface area contributed by atoms with E-state index in [2.05, 4.69) is 6.58 Å². The predicted molar refractivity (Wildman–Crippen MR) is 99.4 cm³/mol. The van der Waals surface area contributed by atoms with Gasteiger partial charge in [-0.25, -0.2) is 8.42 Å². The molecule has 1 unspecified atom stereocenters. The predicted octanol–water partition coefficient (Wildman–Crippen LogP) is 3.32. The zero-order chi connectivity index (χ0) is 18.9. The van der Waals surface area contributed by atoms with Crippen LogP contribution in [0, 0.1) is 23.0 Å². The molecular formula is C19H20N2O4S. The number of hydrogen-bond acceptors (Lipinski definition) is 4. The Bertz CT molecular complexity index is 952. The lowest BCUT2D eigenvalue weighted by Crippen LogP contribution is -2.29. The number of nitro groups is 1. The molecule has 2 aromatic rings. The van der Waals surface area contributed by atoms with Gasteiger partial charge in [-0.1, -0.05) is 42.0 Å². The van der Waals surface area contributed by atoms with Gasteiger partial charge in [0.1, 0.15) is 0 Å². The Morgan fingerprint density at radius 1 is 1.23 bits per heavy atom. The van der Waals surface area contributed by atoms with Crippen molar-refractivity contribution in [3.63, 3.8) is 0 Å². The molecule has 1 aliphatic rings. The Labute approximate surface area is 153 Å². The summed E-state index contributed by atoms with van der Waals surface area (Å²) in [5.74, 6) is -0.0581. The lowest BCUT2D eigenvalue weighted by molar-refractivity contribution is -0.384. The maximum Gasteiger partial charge on any atom is 0.269 e. The molecular weight excluding hydrogens is 352 g/mol. The summed E-state index contributed by atoms with van der Waals surface area (Å²) in [6.45, 7) is 6.53. The van der Waals surface area contributed by atoms with Crippen molar-refractivity contribution in [3.05, 3.63) is 81.9 Å². The summed E-state index contributed by atoms with van der Waals surface area (Å²) in [4.78, 5) is 10.8. The van der Waals surface area contributed by atoms with Crippen LogP contribution in [0.15, 0.2) is 65.6 Å². The van der Waals surface area contributed by atoms with E-state index < -0.39 is 14.9 Å². The van der Waals surface area contributed by atoms with Crippen molar-refractivity contribution in [1.82, 2.24) is 4.31 Å². The van der Waals surface area contributed by atoms with Crippen LogP contribution in [0.3, 0.4) is 0 Å². The highest BCUT2D eigenvalue weighted by Gasteiger charge is 2.34. The van der Waals surface area contributed by atoms with Crippen LogP contribution in [0.4, 0.5) is 5.69 Å². The Kier molecular flexibility index (Phi) is 4.93. The van der Waals surface area contributed by atoms with E-state index >= 15 is 0 Å². The Morgan fingerprint density at radius 2 is 1.92 bits per heavy atom. The van der Waals surface area contributed by atoms with Gasteiger partial charge in [-0.2, -0.15) is 4.31 Å². The van der Waals surface area contributed by atoms with Gasteiger partial charge in [-0.05, 0) is 37.0 Å². The number of rotatable bonds is 5. The van der Waals surface area contributed by atoms with Crippen molar-refractivity contribution in [2.45, 2.75) is 18.2 Å². The topological polar surface area (TPSA) is 80.5 Å². The van der Waals surface area contributed by atoms with Crippen LogP contribution in [0.1, 0.15) is 11.1 Å². The number of sulfonamides is 1. The van der Waals surface area contributed by atoms with Crippen molar-refractivity contribution in [2.75, 3.05) is 13.1 Å². The number of hydrogen-bond donors (Lipinski definition) is 0. The first-order valence-electron chi connectivity index (χ1n) is 8.25. The second kappa shape index (κ2) is 7.01. The van der Waals surface area contributed by atoms with E-state index in [0.717, 1.165) is 16.7 Å². The van der Waals surface area contributed by atoms with E-state index in [-0.39, 0.29) is 23.0 Å². The van der Waals surface area contributed by atoms with Crippen molar-refractivity contribution >= 4 is 15.7 Å². The molecule has 1 aliphatic heterocycles. The molecule has 6 nitrogen and oxygen atoms in total. The van der Waals surface area contributed by atoms with Crippen LogP contribution in [0.2, 0.25) is 0 Å². The lowest BCUT2D eigenvalue weighted by Gasteiger charge is -2.16. The van der Waals surface area contributed by atoms with Crippen LogP contribution in [0.5, 0.6) is 0 Å². The lowest BCUT2D eigenvalue weighted by atomic mass is 9.95. The quantitative estimate of drug-likeness (QED) is 0.458. The summed E-state index contributed by atoms with van der Waals surface area (Å²) in [5.41, 5.74) is 2.67. The SMILES string of the molecule is C=C1CN(S(=O)(=O)c2ccc(C)cc2)CC1Cc1cccc([N+](=O)[O-])c1. The first-order chi connectivity index (χ1) is 12.3. The fourth-order valence-electron chi connectivity index (χ4n) is 3.13. The third-order valence-electron chi connectivity index (χ3n) is 4.64. The summed E-state index contributed by atoms with van der Waals surface area (Å²) in [5, 5.41) is 10.9. The van der Waals surface area contributed by atoms with Crippen molar-refractivity contribution in [2.24, 2.45) is 5.92 Å². The number of nitrogens with zero attached hydrogens (tertiary/aromatic N) is 2. The molecule has 3 rings (SSSR count). The molecule has 7 heteroatoms. The van der Waals surface area contributed by atoms with Crippen molar-refractivity contribution < 1.29 is 13.3 Å². The highest BCUT2D eigenvalue weighted by atomic mass is 32.2. The number of nitro benzene ring substituents is 1. The molecule has 1 fully saturated rings. The number of benzene rings is 2. The molecule has 1 atom stereocenters. The Hall–Kier alpha value is -2.51. The van der Waals surface area contributed by atoms with Gasteiger partial charge >= 0.3 is 0 Å². The number of aryl methyl sites for hydroxylation is 1. The van der Waals surface area contributed by atoms with E-state index in [1.54, 1.807) is 30.3 Å². The molecule has 0 saturated carbocycles. The van der Waals surface area contributed by atoms with E-state index in [4.69, 9.17) is 0 Å². The van der Waals surface area contributed by atoms with E-state index in [1.807, 2.05) is 13.0 Å². The minimum Gasteiger partial charge on any atom is -0.258 e. The molecule has 1 saturated heterocycles. The minimum absolute atomic E-state index is 0.0373. The van der Waals surface area contributed by atoms with Gasteiger partial charge in [-0.15, -0.1) is 0 Å². The Morgan fingerprint density at radius 3 is 2.58 bits per heavy atom. The molecule has 0 N–H and O–H groups in total. The van der Waals surface area contributed by atoms with Gasteiger partial charge in [0.25, 0.3) is 5.69 Å². The average Bonchev–Trinajstić information content (AvgIpc) is 2.97. The average molecular weight is 372 g/mol. The minimum atomic E-state index is -3.57. The maximum absolute atomic E-state index is 12.8. The molecule has 0 aliphatic carbocycles. The summed E-state index contributed by atoms with van der Waals surface area (Å²) in [6.07, 6.45) is 0.528. The first kappa shape index (κ1) is 18.3. The maximum atomic E-state index is 12.8. The van der Waals surface area contributed by atoms with Gasteiger partial charge in [0.15, 0.2) is 0 Å². The summed E-state index contributed by atoms with van der Waals surface area (Å²) in [6, 6.07) is 13.2. The van der Waals surface area contributed by atoms with Gasteiger partial charge < -0.3 is 0 Å². The summed E-state index contributed by atoms with van der Waals surface area (Å²) < 4.78 is 27.1. The zero-order valence-electron chi connectivity index (χ0n) is 14.5. The van der Waals surface area contributed by atoms with Gasteiger partial charge in [0.2, 0.25) is 10.0 Å². The molecule has 0 radical (unpaired) electrons. The first-order valence-corrected chi connectivity index (χ1v) is 9.69.